The summed E-state index contributed by atoms with van der Waals surface area (Å²) >= 11 is 0. The van der Waals surface area contributed by atoms with Gasteiger partial charge >= 0.3 is 6.09 Å². The number of carbonyl (C=O) groups excluding carboxylic acids is 2. The topological polar surface area (TPSA) is 72.2 Å². The van der Waals surface area contributed by atoms with Gasteiger partial charge in [-0.3, -0.25) is 4.79 Å². The van der Waals surface area contributed by atoms with Crippen LogP contribution in [0.25, 0.3) is 27.7 Å². The van der Waals surface area contributed by atoms with Crippen LogP contribution in [0.1, 0.15) is 37.5 Å². The number of rotatable bonds is 6. The van der Waals surface area contributed by atoms with E-state index >= 15 is 0 Å². The Hall–Kier alpha value is -3.74. The number of furan rings is 1. The largest absolute Gasteiger partial charge is 0.493 e. The van der Waals surface area contributed by atoms with Gasteiger partial charge in [-0.2, -0.15) is 0 Å². The molecule has 2 aromatic carbocycles. The predicted octanol–water partition coefficient (Wildman–Crippen LogP) is 5.82. The molecule has 2 heterocycles. The Balaban J connectivity index is 1.63. The molecule has 0 atom stereocenters. The molecule has 7 nitrogen and oxygen atoms in total. The highest BCUT2D eigenvalue weighted by atomic mass is 16.6. The summed E-state index contributed by atoms with van der Waals surface area (Å²) in [6.07, 6.45) is 3.11. The van der Waals surface area contributed by atoms with Crippen molar-refractivity contribution in [1.29, 1.82) is 0 Å². The Morgan fingerprint density at radius 3 is 2.36 bits per heavy atom. The Morgan fingerprint density at radius 2 is 1.69 bits per heavy atom. The lowest BCUT2D eigenvalue weighted by Crippen LogP contribution is -2.50. The molecule has 1 aliphatic rings. The number of allylic oxidation sites excluding steroid dienone is 1. The van der Waals surface area contributed by atoms with Crippen molar-refractivity contribution in [1.82, 2.24) is 9.80 Å². The van der Waals surface area contributed by atoms with E-state index in [1.807, 2.05) is 19.9 Å². The van der Waals surface area contributed by atoms with Crippen LogP contribution in [-0.4, -0.2) is 61.2 Å². The average molecular weight is 491 g/mol. The molecule has 1 aliphatic heterocycles. The Kier molecular flexibility index (Phi) is 7.67. The van der Waals surface area contributed by atoms with Crippen molar-refractivity contribution in [2.75, 3.05) is 39.4 Å². The number of fused-ring (bicyclic) bond motifs is 1. The van der Waals surface area contributed by atoms with Gasteiger partial charge in [-0.1, -0.05) is 23.8 Å². The highest BCUT2D eigenvalue weighted by Gasteiger charge is 2.24. The van der Waals surface area contributed by atoms with Gasteiger partial charge in [-0.05, 0) is 57.4 Å². The normalized spacial score (nSPS) is 14.3. The summed E-state index contributed by atoms with van der Waals surface area (Å²) in [5.74, 6) is 0.598. The average Bonchev–Trinajstić information content (AvgIpc) is 3.26. The van der Waals surface area contributed by atoms with Crippen LogP contribution in [0.15, 0.2) is 47.1 Å². The molecule has 0 aliphatic carbocycles. The van der Waals surface area contributed by atoms with Gasteiger partial charge in [0.25, 0.3) is 0 Å². The molecule has 0 saturated carbocycles. The number of aryl methyl sites for hydroxylation is 2. The molecule has 3 aromatic rings. The number of ether oxygens (including phenoxy) is 2. The highest BCUT2D eigenvalue weighted by molar-refractivity contribution is 6.00. The first kappa shape index (κ1) is 25.4. The zero-order valence-corrected chi connectivity index (χ0v) is 21.7. The minimum atomic E-state index is -0.328. The lowest BCUT2D eigenvalue weighted by molar-refractivity contribution is -0.127. The molecule has 2 amide bonds. The second-order valence-electron chi connectivity index (χ2n) is 9.08. The van der Waals surface area contributed by atoms with Gasteiger partial charge in [0.05, 0.1) is 19.5 Å². The summed E-state index contributed by atoms with van der Waals surface area (Å²) in [6.45, 7) is 12.5. The van der Waals surface area contributed by atoms with Gasteiger partial charge in [0.15, 0.2) is 0 Å². The van der Waals surface area contributed by atoms with E-state index in [0.717, 1.165) is 33.2 Å². The van der Waals surface area contributed by atoms with Crippen molar-refractivity contribution in [2.45, 2.75) is 34.6 Å². The van der Waals surface area contributed by atoms with Gasteiger partial charge in [0.1, 0.15) is 11.3 Å². The Labute approximate surface area is 212 Å². The maximum Gasteiger partial charge on any atom is 0.409 e. The number of hydrogen-bond acceptors (Lipinski definition) is 5. The van der Waals surface area contributed by atoms with E-state index in [2.05, 4.69) is 38.1 Å². The fourth-order valence-corrected chi connectivity index (χ4v) is 4.64. The number of hydrogen-bond donors (Lipinski definition) is 0. The molecule has 1 aromatic heterocycles. The van der Waals surface area contributed by atoms with E-state index in [4.69, 9.17) is 13.9 Å². The first-order valence-electron chi connectivity index (χ1n) is 12.5. The van der Waals surface area contributed by atoms with Gasteiger partial charge in [0.2, 0.25) is 5.91 Å². The third kappa shape index (κ3) is 5.25. The molecule has 1 saturated heterocycles. The Bertz CT molecular complexity index is 1300. The molecule has 0 radical (unpaired) electrons. The van der Waals surface area contributed by atoms with Gasteiger partial charge < -0.3 is 23.7 Å². The van der Waals surface area contributed by atoms with Gasteiger partial charge in [0, 0.05) is 54.8 Å². The van der Waals surface area contributed by atoms with Crippen molar-refractivity contribution in [3.05, 3.63) is 59.4 Å². The first-order valence-corrected chi connectivity index (χ1v) is 12.5. The molecule has 36 heavy (non-hydrogen) atoms. The van der Waals surface area contributed by atoms with Crippen molar-refractivity contribution in [3.63, 3.8) is 0 Å². The SMILES string of the molecule is CCOC(=O)N1CCN(C(=O)/C=C(\C)c2cc3c(-c4ccc(C)cc4C)coc3cc2OCC)CC1. The minimum Gasteiger partial charge on any atom is -0.493 e. The van der Waals surface area contributed by atoms with Crippen LogP contribution < -0.4 is 4.74 Å². The monoisotopic (exact) mass is 490 g/mol. The van der Waals surface area contributed by atoms with Crippen LogP contribution in [0.5, 0.6) is 5.75 Å². The fourth-order valence-electron chi connectivity index (χ4n) is 4.64. The zero-order valence-electron chi connectivity index (χ0n) is 21.7. The fraction of sp³-hybridized carbons (Fsp3) is 0.379. The summed E-state index contributed by atoms with van der Waals surface area (Å²) in [7, 11) is 0. The standard InChI is InChI=1S/C29H34N2O5/c1-6-34-26-17-27-24(25(18-36-27)22-9-8-19(3)14-20(22)4)16-23(26)21(5)15-28(32)30-10-12-31(13-11-30)29(33)35-7-2/h8-9,14-18H,6-7,10-13H2,1-5H3/b21-15+. The van der Waals surface area contributed by atoms with Crippen molar-refractivity contribution >= 4 is 28.5 Å². The number of benzene rings is 2. The molecular formula is C29H34N2O5. The molecule has 190 valence electrons. The second-order valence-corrected chi connectivity index (χ2v) is 9.08. The molecule has 0 spiro atoms. The summed E-state index contributed by atoms with van der Waals surface area (Å²) in [6, 6.07) is 10.3. The van der Waals surface area contributed by atoms with E-state index in [-0.39, 0.29) is 12.0 Å². The van der Waals surface area contributed by atoms with E-state index < -0.39 is 0 Å². The molecule has 0 bridgehead atoms. The molecular weight excluding hydrogens is 456 g/mol. The van der Waals surface area contributed by atoms with Crippen LogP contribution in [0.2, 0.25) is 0 Å². The summed E-state index contributed by atoms with van der Waals surface area (Å²) in [5, 5.41) is 0.976. The summed E-state index contributed by atoms with van der Waals surface area (Å²) in [5.41, 5.74) is 6.93. The van der Waals surface area contributed by atoms with Crippen LogP contribution in [0.3, 0.4) is 0 Å². The molecule has 4 rings (SSSR count). The van der Waals surface area contributed by atoms with Crippen molar-refractivity contribution < 1.29 is 23.5 Å². The summed E-state index contributed by atoms with van der Waals surface area (Å²) in [4.78, 5) is 28.4. The molecule has 7 heteroatoms. The molecule has 1 fully saturated rings. The molecule has 0 N–H and O–H groups in total. The number of carbonyl (C=O) groups is 2. The lowest BCUT2D eigenvalue weighted by atomic mass is 9.96. The van der Waals surface area contributed by atoms with E-state index in [0.29, 0.717) is 45.1 Å². The minimum absolute atomic E-state index is 0.0830. The molecule has 0 unspecified atom stereocenters. The highest BCUT2D eigenvalue weighted by Crippen LogP contribution is 2.38. The van der Waals surface area contributed by atoms with Crippen molar-refractivity contribution in [3.8, 4) is 16.9 Å². The maximum absolute atomic E-state index is 13.1. The van der Waals surface area contributed by atoms with Crippen LogP contribution in [0.4, 0.5) is 4.79 Å². The van der Waals surface area contributed by atoms with E-state index in [1.54, 1.807) is 29.1 Å². The van der Waals surface area contributed by atoms with Crippen molar-refractivity contribution in [2.24, 2.45) is 0 Å². The van der Waals surface area contributed by atoms with E-state index in [9.17, 15) is 9.59 Å². The smallest absolute Gasteiger partial charge is 0.409 e. The first-order chi connectivity index (χ1) is 17.3. The summed E-state index contributed by atoms with van der Waals surface area (Å²) < 4.78 is 16.9. The third-order valence-electron chi connectivity index (χ3n) is 6.53. The van der Waals surface area contributed by atoms with Gasteiger partial charge in [-0.15, -0.1) is 0 Å². The number of nitrogens with zero attached hydrogens (tertiary/aromatic N) is 2. The zero-order chi connectivity index (χ0) is 25.8. The number of piperazine rings is 1. The third-order valence-corrected chi connectivity index (χ3v) is 6.53. The van der Waals surface area contributed by atoms with Crippen LogP contribution >= 0.6 is 0 Å². The lowest BCUT2D eigenvalue weighted by Gasteiger charge is -2.33. The van der Waals surface area contributed by atoms with Crippen LogP contribution in [0, 0.1) is 13.8 Å². The Morgan fingerprint density at radius 1 is 0.972 bits per heavy atom. The second kappa shape index (κ2) is 10.9. The maximum atomic E-state index is 13.1. The number of amides is 2. The van der Waals surface area contributed by atoms with Gasteiger partial charge in [-0.25, -0.2) is 4.79 Å². The quantitative estimate of drug-likeness (QED) is 0.407. The predicted molar refractivity (Wildman–Crippen MR) is 141 cm³/mol. The van der Waals surface area contributed by atoms with E-state index in [1.165, 1.54) is 11.1 Å². The van der Waals surface area contributed by atoms with Crippen LogP contribution in [-0.2, 0) is 9.53 Å².